The molecule has 0 aliphatic carbocycles. The van der Waals surface area contributed by atoms with E-state index in [4.69, 9.17) is 0 Å². The summed E-state index contributed by atoms with van der Waals surface area (Å²) in [5.74, 6) is 0. The number of benzene rings is 1. The predicted molar refractivity (Wildman–Crippen MR) is 85.9 cm³/mol. The van der Waals surface area contributed by atoms with Gasteiger partial charge in [-0.25, -0.2) is 0 Å². The molecule has 0 bridgehead atoms. The number of nitrogens with one attached hydrogen (secondary N) is 1. The fourth-order valence-corrected chi connectivity index (χ4v) is 2.55. The molecule has 0 spiro atoms. The van der Waals surface area contributed by atoms with Gasteiger partial charge >= 0.3 is 0 Å². The zero-order valence-electron chi connectivity index (χ0n) is 12.7. The Hall–Kier alpha value is -1.54. The molecule has 0 fully saturated rings. The van der Waals surface area contributed by atoms with Crippen LogP contribution >= 0.6 is 0 Å². The van der Waals surface area contributed by atoms with Crippen molar-refractivity contribution in [1.82, 2.24) is 9.88 Å². The van der Waals surface area contributed by atoms with Crippen molar-refractivity contribution < 1.29 is 0 Å². The summed E-state index contributed by atoms with van der Waals surface area (Å²) in [7, 11) is 0. The van der Waals surface area contributed by atoms with Crippen LogP contribution in [-0.2, 0) is 13.0 Å². The third kappa shape index (κ3) is 4.53. The molecule has 1 N–H and O–H groups in total. The van der Waals surface area contributed by atoms with E-state index < -0.39 is 0 Å². The highest BCUT2D eigenvalue weighted by Crippen LogP contribution is 2.13. The molecule has 2 heteroatoms. The molecule has 0 aliphatic heterocycles. The number of rotatable bonds is 8. The minimum atomic E-state index is 0.450. The van der Waals surface area contributed by atoms with Crippen molar-refractivity contribution in [3.63, 3.8) is 0 Å². The average molecular weight is 270 g/mol. The van der Waals surface area contributed by atoms with Crippen LogP contribution in [0.1, 0.15) is 43.9 Å². The van der Waals surface area contributed by atoms with Crippen LogP contribution < -0.4 is 5.32 Å². The predicted octanol–water partition coefficient (Wildman–Crippen LogP) is 4.18. The normalized spacial score (nSPS) is 12.5. The van der Waals surface area contributed by atoms with Gasteiger partial charge in [0.05, 0.1) is 0 Å². The van der Waals surface area contributed by atoms with E-state index >= 15 is 0 Å². The van der Waals surface area contributed by atoms with Crippen molar-refractivity contribution in [2.24, 2.45) is 0 Å². The molecular weight excluding hydrogens is 244 g/mol. The lowest BCUT2D eigenvalue weighted by molar-refractivity contribution is 0.586. The van der Waals surface area contributed by atoms with Crippen molar-refractivity contribution in [1.29, 1.82) is 0 Å². The van der Waals surface area contributed by atoms with E-state index in [-0.39, 0.29) is 0 Å². The van der Waals surface area contributed by atoms with E-state index in [2.05, 4.69) is 72.5 Å². The van der Waals surface area contributed by atoms with Gasteiger partial charge in [-0.05, 0) is 49.9 Å². The Morgan fingerprint density at radius 3 is 2.65 bits per heavy atom. The molecule has 2 nitrogen and oxygen atoms in total. The first-order valence-corrected chi connectivity index (χ1v) is 7.72. The second-order valence-electron chi connectivity index (χ2n) is 5.40. The van der Waals surface area contributed by atoms with Gasteiger partial charge in [-0.2, -0.15) is 0 Å². The molecule has 20 heavy (non-hydrogen) atoms. The lowest BCUT2D eigenvalue weighted by Crippen LogP contribution is -2.17. The maximum Gasteiger partial charge on any atom is 0.0306 e. The van der Waals surface area contributed by atoms with Gasteiger partial charge in [0.1, 0.15) is 0 Å². The Morgan fingerprint density at radius 2 is 1.90 bits per heavy atom. The molecule has 0 saturated heterocycles. The van der Waals surface area contributed by atoms with Gasteiger partial charge < -0.3 is 9.88 Å². The molecule has 108 valence electrons. The summed E-state index contributed by atoms with van der Waals surface area (Å²) < 4.78 is 2.31. The number of hydrogen-bond acceptors (Lipinski definition) is 1. The quantitative estimate of drug-likeness (QED) is 0.712. The average Bonchev–Trinajstić information content (AvgIpc) is 2.94. The maximum absolute atomic E-state index is 3.45. The Labute approximate surface area is 122 Å². The van der Waals surface area contributed by atoms with Gasteiger partial charge in [0.15, 0.2) is 0 Å². The first kappa shape index (κ1) is 14.9. The highest BCUT2D eigenvalue weighted by Gasteiger charge is 2.04. The summed E-state index contributed by atoms with van der Waals surface area (Å²) in [6.45, 7) is 6.50. The van der Waals surface area contributed by atoms with E-state index in [1.165, 1.54) is 30.4 Å². The second kappa shape index (κ2) is 7.91. The van der Waals surface area contributed by atoms with Gasteiger partial charge in [-0.3, -0.25) is 0 Å². The summed E-state index contributed by atoms with van der Waals surface area (Å²) in [5.41, 5.74) is 2.83. The van der Waals surface area contributed by atoms with Crippen LogP contribution in [0, 0.1) is 0 Å². The highest BCUT2D eigenvalue weighted by atomic mass is 15.0. The van der Waals surface area contributed by atoms with Crippen molar-refractivity contribution >= 4 is 0 Å². The fraction of sp³-hybridized carbons (Fsp3) is 0.444. The summed E-state index contributed by atoms with van der Waals surface area (Å²) >= 11 is 0. The monoisotopic (exact) mass is 270 g/mol. The van der Waals surface area contributed by atoms with Crippen LogP contribution in [0.2, 0.25) is 0 Å². The zero-order chi connectivity index (χ0) is 14.2. The molecule has 2 aromatic rings. The summed E-state index contributed by atoms with van der Waals surface area (Å²) in [5, 5.41) is 3.45. The Balaban J connectivity index is 1.72. The Bertz CT molecular complexity index is 487. The second-order valence-corrected chi connectivity index (χ2v) is 5.40. The Kier molecular flexibility index (Phi) is 5.87. The molecule has 0 amide bonds. The van der Waals surface area contributed by atoms with Crippen molar-refractivity contribution in [3.8, 4) is 0 Å². The Morgan fingerprint density at radius 1 is 1.10 bits per heavy atom. The van der Waals surface area contributed by atoms with Crippen molar-refractivity contribution in [2.45, 2.75) is 45.7 Å². The van der Waals surface area contributed by atoms with Crippen LogP contribution in [0.4, 0.5) is 0 Å². The molecule has 1 aromatic carbocycles. The third-order valence-electron chi connectivity index (χ3n) is 3.76. The topological polar surface area (TPSA) is 17.0 Å². The largest absolute Gasteiger partial charge is 0.354 e. The number of aryl methyl sites for hydroxylation is 2. The van der Waals surface area contributed by atoms with Gasteiger partial charge in [0.25, 0.3) is 0 Å². The molecule has 1 atom stereocenters. The van der Waals surface area contributed by atoms with Gasteiger partial charge in [-0.15, -0.1) is 0 Å². The molecule has 0 radical (unpaired) electrons. The van der Waals surface area contributed by atoms with Crippen molar-refractivity contribution in [2.75, 3.05) is 6.54 Å². The van der Waals surface area contributed by atoms with E-state index in [1.54, 1.807) is 0 Å². The SMILES string of the molecule is CCNC(C)c1ccn(CCCCc2ccccc2)c1. The molecule has 2 rings (SSSR count). The van der Waals surface area contributed by atoms with Crippen LogP contribution in [0.5, 0.6) is 0 Å². The van der Waals surface area contributed by atoms with Crippen LogP contribution in [-0.4, -0.2) is 11.1 Å². The lowest BCUT2D eigenvalue weighted by atomic mass is 10.1. The number of aromatic nitrogens is 1. The molecule has 0 saturated carbocycles. The third-order valence-corrected chi connectivity index (χ3v) is 3.76. The van der Waals surface area contributed by atoms with E-state index in [0.29, 0.717) is 6.04 Å². The van der Waals surface area contributed by atoms with Gasteiger partial charge in [0, 0.05) is 25.0 Å². The molecule has 0 aliphatic rings. The lowest BCUT2D eigenvalue weighted by Gasteiger charge is -2.10. The molecule has 1 heterocycles. The van der Waals surface area contributed by atoms with Gasteiger partial charge in [0.2, 0.25) is 0 Å². The number of unbranched alkanes of at least 4 members (excludes halogenated alkanes) is 1. The minimum Gasteiger partial charge on any atom is -0.354 e. The van der Waals surface area contributed by atoms with E-state index in [1.807, 2.05) is 0 Å². The number of nitrogens with zero attached hydrogens (tertiary/aromatic N) is 1. The van der Waals surface area contributed by atoms with Gasteiger partial charge in [-0.1, -0.05) is 37.3 Å². The zero-order valence-corrected chi connectivity index (χ0v) is 12.7. The summed E-state index contributed by atoms with van der Waals surface area (Å²) in [4.78, 5) is 0. The minimum absolute atomic E-state index is 0.450. The fourth-order valence-electron chi connectivity index (χ4n) is 2.55. The standard InChI is InChI=1S/C18H26N2/c1-3-19-16(2)18-12-14-20(15-18)13-8-7-11-17-9-5-4-6-10-17/h4-6,9-10,12,14-16,19H,3,7-8,11,13H2,1-2H3. The van der Waals surface area contributed by atoms with Crippen molar-refractivity contribution in [3.05, 3.63) is 59.9 Å². The maximum atomic E-state index is 3.45. The molecular formula is C18H26N2. The van der Waals surface area contributed by atoms with Crippen LogP contribution in [0.25, 0.3) is 0 Å². The van der Waals surface area contributed by atoms with E-state index in [0.717, 1.165) is 13.1 Å². The van der Waals surface area contributed by atoms with E-state index in [9.17, 15) is 0 Å². The first-order chi connectivity index (χ1) is 9.79. The highest BCUT2D eigenvalue weighted by molar-refractivity contribution is 5.15. The molecule has 1 aromatic heterocycles. The smallest absolute Gasteiger partial charge is 0.0306 e. The van der Waals surface area contributed by atoms with Crippen LogP contribution in [0.15, 0.2) is 48.8 Å². The van der Waals surface area contributed by atoms with Crippen LogP contribution in [0.3, 0.4) is 0 Å². The summed E-state index contributed by atoms with van der Waals surface area (Å²) in [6, 6.07) is 13.4. The first-order valence-electron chi connectivity index (χ1n) is 7.72. The molecule has 1 unspecified atom stereocenters. The summed E-state index contributed by atoms with van der Waals surface area (Å²) in [6.07, 6.45) is 8.14. The number of hydrogen-bond donors (Lipinski definition) is 1.